The summed E-state index contributed by atoms with van der Waals surface area (Å²) in [6, 6.07) is 0. The third-order valence-electron chi connectivity index (χ3n) is 12.4. The summed E-state index contributed by atoms with van der Waals surface area (Å²) in [4.78, 5) is 24.9. The van der Waals surface area contributed by atoms with Gasteiger partial charge < -0.3 is 10.2 Å². The molecule has 4 heteroatoms. The fraction of sp³-hybridized carbons (Fsp3) is 0.793. The summed E-state index contributed by atoms with van der Waals surface area (Å²) in [6.45, 7) is 13.7. The fourth-order valence-corrected chi connectivity index (χ4v) is 9.83. The molecule has 0 aromatic heterocycles. The number of aliphatic hydroxyl groups is 1. The Morgan fingerprint density at radius 2 is 1.52 bits per heavy atom. The third-order valence-corrected chi connectivity index (χ3v) is 12.4. The van der Waals surface area contributed by atoms with E-state index in [-0.39, 0.29) is 39.1 Å². The number of aliphatic hydroxyl groups excluding tert-OH is 1. The van der Waals surface area contributed by atoms with Crippen LogP contribution in [-0.4, -0.2) is 22.0 Å². The quantitative estimate of drug-likeness (QED) is 0.454. The number of carbonyl (C=O) groups is 2. The van der Waals surface area contributed by atoms with Crippen molar-refractivity contribution >= 4 is 11.8 Å². The number of hydrogen-bond donors (Lipinski definition) is 2. The molecule has 4 saturated carbocycles. The fourth-order valence-electron chi connectivity index (χ4n) is 9.83. The van der Waals surface area contributed by atoms with E-state index in [4.69, 9.17) is 0 Å². The molecule has 5 rings (SSSR count). The topological polar surface area (TPSA) is 74.6 Å². The number of rotatable bonds is 1. The molecule has 33 heavy (non-hydrogen) atoms. The number of ketones is 1. The number of hydrogen-bond acceptors (Lipinski definition) is 3. The number of carbonyl (C=O) groups excluding carboxylic acids is 1. The molecule has 0 aromatic rings. The van der Waals surface area contributed by atoms with Crippen LogP contribution in [0.4, 0.5) is 0 Å². The van der Waals surface area contributed by atoms with E-state index >= 15 is 0 Å². The first-order valence-electron chi connectivity index (χ1n) is 13.1. The summed E-state index contributed by atoms with van der Waals surface area (Å²) >= 11 is 0. The van der Waals surface area contributed by atoms with Crippen molar-refractivity contribution < 1.29 is 19.8 Å². The number of fused-ring (bicyclic) bond motifs is 7. The van der Waals surface area contributed by atoms with E-state index in [2.05, 4.69) is 27.7 Å². The van der Waals surface area contributed by atoms with Gasteiger partial charge in [0.15, 0.2) is 5.76 Å². The smallest absolute Gasteiger partial charge is 0.309 e. The van der Waals surface area contributed by atoms with Crippen LogP contribution in [0.5, 0.6) is 0 Å². The zero-order chi connectivity index (χ0) is 24.2. The van der Waals surface area contributed by atoms with Crippen molar-refractivity contribution in [1.82, 2.24) is 0 Å². The van der Waals surface area contributed by atoms with E-state index in [1.54, 1.807) is 6.08 Å². The number of aliphatic carboxylic acids is 1. The maximum atomic E-state index is 12.6. The maximum absolute atomic E-state index is 12.6. The highest BCUT2D eigenvalue weighted by Gasteiger charge is 2.69. The van der Waals surface area contributed by atoms with Crippen molar-refractivity contribution in [3.8, 4) is 0 Å². The predicted molar refractivity (Wildman–Crippen MR) is 129 cm³/mol. The second-order valence-electron chi connectivity index (χ2n) is 13.7. The maximum Gasteiger partial charge on any atom is 0.309 e. The van der Waals surface area contributed by atoms with Gasteiger partial charge in [0.2, 0.25) is 5.78 Å². The van der Waals surface area contributed by atoms with Crippen molar-refractivity contribution in [2.75, 3.05) is 0 Å². The minimum Gasteiger partial charge on any atom is -0.504 e. The van der Waals surface area contributed by atoms with Crippen LogP contribution >= 0.6 is 0 Å². The van der Waals surface area contributed by atoms with Crippen molar-refractivity contribution in [1.29, 1.82) is 0 Å². The van der Waals surface area contributed by atoms with E-state index in [1.807, 2.05) is 13.8 Å². The molecule has 0 amide bonds. The first-order valence-corrected chi connectivity index (χ1v) is 13.1. The first-order chi connectivity index (χ1) is 15.2. The zero-order valence-corrected chi connectivity index (χ0v) is 21.4. The lowest BCUT2D eigenvalue weighted by Crippen LogP contribution is -2.65. The van der Waals surface area contributed by atoms with Crippen LogP contribution in [0.2, 0.25) is 0 Å². The Bertz CT molecular complexity index is 992. The Labute approximate surface area is 198 Å². The van der Waals surface area contributed by atoms with Gasteiger partial charge in [-0.2, -0.15) is 0 Å². The Balaban J connectivity index is 1.57. The highest BCUT2D eigenvalue weighted by Crippen LogP contribution is 2.76. The van der Waals surface area contributed by atoms with Crippen LogP contribution in [0.25, 0.3) is 0 Å². The highest BCUT2D eigenvalue weighted by atomic mass is 16.4. The lowest BCUT2D eigenvalue weighted by Gasteiger charge is -2.72. The van der Waals surface area contributed by atoms with Crippen LogP contribution in [0.3, 0.4) is 0 Å². The molecule has 5 aliphatic rings. The molecule has 5 aliphatic carbocycles. The molecule has 8 atom stereocenters. The van der Waals surface area contributed by atoms with Gasteiger partial charge in [0.1, 0.15) is 0 Å². The van der Waals surface area contributed by atoms with Crippen LogP contribution in [0, 0.1) is 44.8 Å². The molecule has 8 unspecified atom stereocenters. The number of carboxylic acids is 1. The standard InChI is InChI=1S/C29H42O4/c1-17-18-7-8-21-27(4,19(18)15-20(30)23(17)31)12-14-29(6)22-16-26(3,24(32)33)10-9-25(22,2)11-13-28(21,29)5/h15,18,21-22,31H,7-14,16H2,1-6H3,(H,32,33). The van der Waals surface area contributed by atoms with Crippen LogP contribution in [0.1, 0.15) is 99.3 Å². The van der Waals surface area contributed by atoms with E-state index in [0.717, 1.165) is 50.5 Å². The Hall–Kier alpha value is -1.58. The molecule has 0 spiro atoms. The minimum absolute atomic E-state index is 0.0344. The van der Waals surface area contributed by atoms with Crippen molar-refractivity contribution in [3.05, 3.63) is 23.0 Å². The lowest BCUT2D eigenvalue weighted by atomic mass is 9.32. The van der Waals surface area contributed by atoms with Gasteiger partial charge >= 0.3 is 5.97 Å². The summed E-state index contributed by atoms with van der Waals surface area (Å²) in [5, 5.41) is 20.4. The van der Waals surface area contributed by atoms with Gasteiger partial charge in [-0.15, -0.1) is 0 Å². The van der Waals surface area contributed by atoms with Crippen LogP contribution < -0.4 is 0 Å². The highest BCUT2D eigenvalue weighted by molar-refractivity contribution is 6.04. The summed E-state index contributed by atoms with van der Waals surface area (Å²) in [7, 11) is 0. The summed E-state index contributed by atoms with van der Waals surface area (Å²) in [5.74, 6) is 0.189. The summed E-state index contributed by atoms with van der Waals surface area (Å²) < 4.78 is 0. The number of allylic oxidation sites excluding steroid dienone is 3. The van der Waals surface area contributed by atoms with E-state index in [0.29, 0.717) is 11.8 Å². The van der Waals surface area contributed by atoms with Crippen LogP contribution in [-0.2, 0) is 9.59 Å². The number of carboxylic acid groups (broad SMARTS) is 1. The Kier molecular flexibility index (Phi) is 4.75. The summed E-state index contributed by atoms with van der Waals surface area (Å²) in [6.07, 6.45) is 11.0. The SMILES string of the molecule is CC1=C(O)C(=O)C=C2C1CCC1C2(C)CCC2(C)C3CC(C)(C(=O)O)CCC3(C)CCC12C. The van der Waals surface area contributed by atoms with Gasteiger partial charge in [0.05, 0.1) is 5.41 Å². The largest absolute Gasteiger partial charge is 0.504 e. The second-order valence-corrected chi connectivity index (χ2v) is 13.7. The van der Waals surface area contributed by atoms with Gasteiger partial charge in [-0.3, -0.25) is 9.59 Å². The van der Waals surface area contributed by atoms with Gasteiger partial charge in [-0.25, -0.2) is 0 Å². The Morgan fingerprint density at radius 1 is 0.909 bits per heavy atom. The second kappa shape index (κ2) is 6.76. The summed E-state index contributed by atoms with van der Waals surface area (Å²) in [5.41, 5.74) is 1.90. The van der Waals surface area contributed by atoms with Gasteiger partial charge in [0.25, 0.3) is 0 Å². The Morgan fingerprint density at radius 3 is 2.18 bits per heavy atom. The lowest BCUT2D eigenvalue weighted by molar-refractivity contribution is -0.223. The first kappa shape index (κ1) is 23.2. The minimum atomic E-state index is -0.630. The monoisotopic (exact) mass is 454 g/mol. The average molecular weight is 455 g/mol. The molecule has 4 nitrogen and oxygen atoms in total. The molecule has 0 saturated heterocycles. The average Bonchev–Trinajstić information content (AvgIpc) is 2.75. The third kappa shape index (κ3) is 2.76. The molecular weight excluding hydrogens is 412 g/mol. The van der Waals surface area contributed by atoms with Crippen molar-refractivity contribution in [2.24, 2.45) is 44.8 Å². The van der Waals surface area contributed by atoms with Crippen molar-refractivity contribution in [2.45, 2.75) is 99.3 Å². The molecule has 0 aromatic carbocycles. The molecule has 0 aliphatic heterocycles. The van der Waals surface area contributed by atoms with Crippen LogP contribution in [0.15, 0.2) is 23.0 Å². The molecule has 2 N–H and O–H groups in total. The van der Waals surface area contributed by atoms with E-state index in [9.17, 15) is 19.8 Å². The molecule has 0 radical (unpaired) electrons. The predicted octanol–water partition coefficient (Wildman–Crippen LogP) is 6.86. The zero-order valence-electron chi connectivity index (χ0n) is 21.4. The normalized spacial score (nSPS) is 51.6. The molecule has 182 valence electrons. The van der Waals surface area contributed by atoms with Gasteiger partial charge in [-0.1, -0.05) is 33.3 Å². The molecule has 0 heterocycles. The van der Waals surface area contributed by atoms with Crippen molar-refractivity contribution in [3.63, 3.8) is 0 Å². The van der Waals surface area contributed by atoms with Gasteiger partial charge in [0, 0.05) is 5.92 Å². The molecule has 0 bridgehead atoms. The molecule has 4 fully saturated rings. The molecular formula is C29H42O4. The van der Waals surface area contributed by atoms with E-state index in [1.165, 1.54) is 18.4 Å². The van der Waals surface area contributed by atoms with Gasteiger partial charge in [-0.05, 0) is 117 Å². The van der Waals surface area contributed by atoms with E-state index < -0.39 is 11.4 Å².